The third kappa shape index (κ3) is 2.46. The molecule has 2 heteroatoms. The highest BCUT2D eigenvalue weighted by molar-refractivity contribution is 4.95. The van der Waals surface area contributed by atoms with E-state index in [-0.39, 0.29) is 6.61 Å². The quantitative estimate of drug-likeness (QED) is 0.584. The molecule has 1 fully saturated rings. The van der Waals surface area contributed by atoms with Crippen molar-refractivity contribution >= 4 is 0 Å². The van der Waals surface area contributed by atoms with Crippen molar-refractivity contribution in [3.05, 3.63) is 0 Å². The highest BCUT2D eigenvalue weighted by atomic mass is 16.3. The first-order valence-electron chi connectivity index (χ1n) is 4.50. The fourth-order valence-electron chi connectivity index (χ4n) is 1.57. The fraction of sp³-hybridized carbons (Fsp3) is 1.00. The van der Waals surface area contributed by atoms with Crippen molar-refractivity contribution in [1.29, 1.82) is 0 Å². The Morgan fingerprint density at radius 1 is 1.55 bits per heavy atom. The summed E-state index contributed by atoms with van der Waals surface area (Å²) in [6.07, 6.45) is 2.64. The van der Waals surface area contributed by atoms with E-state index in [1.54, 1.807) is 0 Å². The van der Waals surface area contributed by atoms with Crippen molar-refractivity contribution in [2.75, 3.05) is 19.7 Å². The summed E-state index contributed by atoms with van der Waals surface area (Å²) in [6, 6.07) is 0. The van der Waals surface area contributed by atoms with Gasteiger partial charge in [-0.3, -0.25) is 0 Å². The van der Waals surface area contributed by atoms with Crippen molar-refractivity contribution in [2.45, 2.75) is 26.7 Å². The van der Waals surface area contributed by atoms with E-state index in [2.05, 4.69) is 19.2 Å². The van der Waals surface area contributed by atoms with Gasteiger partial charge in [0.25, 0.3) is 0 Å². The predicted octanol–water partition coefficient (Wildman–Crippen LogP) is 1.00. The van der Waals surface area contributed by atoms with Crippen molar-refractivity contribution in [3.8, 4) is 0 Å². The number of hydrogen-bond acceptors (Lipinski definition) is 2. The second-order valence-corrected chi connectivity index (χ2v) is 3.98. The first kappa shape index (κ1) is 9.01. The van der Waals surface area contributed by atoms with Gasteiger partial charge in [0.2, 0.25) is 0 Å². The van der Waals surface area contributed by atoms with Crippen molar-refractivity contribution in [2.24, 2.45) is 11.3 Å². The zero-order valence-electron chi connectivity index (χ0n) is 7.56. The molecular formula is C9H19NO. The van der Waals surface area contributed by atoms with Gasteiger partial charge in [0.05, 0.1) is 6.61 Å². The van der Waals surface area contributed by atoms with Crippen LogP contribution < -0.4 is 5.32 Å². The predicted molar refractivity (Wildman–Crippen MR) is 46.5 cm³/mol. The molecule has 1 saturated carbocycles. The van der Waals surface area contributed by atoms with Gasteiger partial charge in [-0.25, -0.2) is 0 Å². The van der Waals surface area contributed by atoms with Crippen molar-refractivity contribution in [1.82, 2.24) is 5.32 Å². The molecule has 0 bridgehead atoms. The van der Waals surface area contributed by atoms with Gasteiger partial charge in [-0.2, -0.15) is 0 Å². The van der Waals surface area contributed by atoms with E-state index < -0.39 is 0 Å². The molecule has 11 heavy (non-hydrogen) atoms. The lowest BCUT2D eigenvalue weighted by molar-refractivity contribution is 0.289. The van der Waals surface area contributed by atoms with Crippen LogP contribution in [0.3, 0.4) is 0 Å². The Kier molecular flexibility index (Phi) is 2.90. The van der Waals surface area contributed by atoms with Gasteiger partial charge in [-0.1, -0.05) is 13.8 Å². The number of nitrogens with one attached hydrogen (secondary N) is 1. The molecule has 0 aromatic heterocycles. The monoisotopic (exact) mass is 157 g/mol. The summed E-state index contributed by atoms with van der Waals surface area (Å²) in [7, 11) is 0. The Morgan fingerprint density at radius 2 is 2.18 bits per heavy atom. The molecule has 0 aromatic carbocycles. The van der Waals surface area contributed by atoms with E-state index >= 15 is 0 Å². The van der Waals surface area contributed by atoms with Gasteiger partial charge in [0.1, 0.15) is 0 Å². The summed E-state index contributed by atoms with van der Waals surface area (Å²) < 4.78 is 0. The van der Waals surface area contributed by atoms with Gasteiger partial charge in [0.15, 0.2) is 0 Å². The van der Waals surface area contributed by atoms with Crippen LogP contribution in [-0.2, 0) is 0 Å². The normalized spacial score (nSPS) is 35.7. The molecule has 1 rings (SSSR count). The molecule has 0 radical (unpaired) electrons. The topological polar surface area (TPSA) is 32.3 Å². The zero-order valence-corrected chi connectivity index (χ0v) is 7.56. The highest BCUT2D eigenvalue weighted by Gasteiger charge is 2.45. The second-order valence-electron chi connectivity index (χ2n) is 3.98. The Bertz CT molecular complexity index is 127. The Morgan fingerprint density at radius 3 is 2.64 bits per heavy atom. The van der Waals surface area contributed by atoms with Crippen LogP contribution in [0.4, 0.5) is 0 Å². The van der Waals surface area contributed by atoms with Crippen LogP contribution in [0.25, 0.3) is 0 Å². The maximum absolute atomic E-state index is 8.50. The van der Waals surface area contributed by atoms with Gasteiger partial charge in [-0.05, 0) is 30.7 Å². The van der Waals surface area contributed by atoms with Crippen molar-refractivity contribution < 1.29 is 5.11 Å². The van der Waals surface area contributed by atoms with Gasteiger partial charge in [0, 0.05) is 6.54 Å². The second kappa shape index (κ2) is 3.55. The maximum atomic E-state index is 8.50. The van der Waals surface area contributed by atoms with Crippen molar-refractivity contribution in [3.63, 3.8) is 0 Å². The molecule has 2 nitrogen and oxygen atoms in total. The molecule has 1 aliphatic carbocycles. The molecule has 0 amide bonds. The number of hydrogen-bond donors (Lipinski definition) is 2. The van der Waals surface area contributed by atoms with E-state index in [1.165, 1.54) is 12.8 Å². The molecule has 0 heterocycles. The third-order valence-electron chi connectivity index (χ3n) is 2.96. The smallest absolute Gasteiger partial charge is 0.0555 e. The van der Waals surface area contributed by atoms with Crippen LogP contribution in [0.2, 0.25) is 0 Å². The third-order valence-corrected chi connectivity index (χ3v) is 2.96. The summed E-state index contributed by atoms with van der Waals surface area (Å²) in [4.78, 5) is 0. The minimum atomic E-state index is 0.256. The summed E-state index contributed by atoms with van der Waals surface area (Å²) >= 11 is 0. The average molecular weight is 157 g/mol. The van der Waals surface area contributed by atoms with Crippen LogP contribution in [0, 0.1) is 11.3 Å². The molecule has 66 valence electrons. The molecule has 2 atom stereocenters. The van der Waals surface area contributed by atoms with Crippen LogP contribution >= 0.6 is 0 Å². The Balaban J connectivity index is 1.96. The van der Waals surface area contributed by atoms with Gasteiger partial charge in [-0.15, -0.1) is 0 Å². The first-order valence-corrected chi connectivity index (χ1v) is 4.50. The Labute approximate surface area is 69.0 Å². The molecule has 0 aromatic rings. The lowest BCUT2D eigenvalue weighted by Gasteiger charge is -2.09. The fourth-order valence-corrected chi connectivity index (χ4v) is 1.57. The average Bonchev–Trinajstić information content (AvgIpc) is 2.54. The van der Waals surface area contributed by atoms with Gasteiger partial charge < -0.3 is 10.4 Å². The van der Waals surface area contributed by atoms with Gasteiger partial charge >= 0.3 is 0 Å². The summed E-state index contributed by atoms with van der Waals surface area (Å²) in [5, 5.41) is 11.7. The van der Waals surface area contributed by atoms with E-state index in [0.29, 0.717) is 5.41 Å². The standard InChI is InChI=1S/C9H19NO/c1-8-7-9(8,2)3-4-10-5-6-11/h8,10-11H,3-7H2,1-2H3. The lowest BCUT2D eigenvalue weighted by Crippen LogP contribution is -2.21. The highest BCUT2D eigenvalue weighted by Crippen LogP contribution is 2.54. The molecular weight excluding hydrogens is 138 g/mol. The minimum Gasteiger partial charge on any atom is -0.395 e. The molecule has 0 aliphatic heterocycles. The van der Waals surface area contributed by atoms with Crippen LogP contribution in [0.5, 0.6) is 0 Å². The van der Waals surface area contributed by atoms with E-state index in [4.69, 9.17) is 5.11 Å². The lowest BCUT2D eigenvalue weighted by atomic mass is 10.0. The maximum Gasteiger partial charge on any atom is 0.0555 e. The summed E-state index contributed by atoms with van der Waals surface area (Å²) in [6.45, 7) is 6.71. The number of rotatable bonds is 5. The van der Waals surface area contributed by atoms with Crippen LogP contribution in [-0.4, -0.2) is 24.8 Å². The largest absolute Gasteiger partial charge is 0.395 e. The molecule has 0 saturated heterocycles. The minimum absolute atomic E-state index is 0.256. The van der Waals surface area contributed by atoms with E-state index in [1.807, 2.05) is 0 Å². The Hall–Kier alpha value is -0.0800. The van der Waals surface area contributed by atoms with E-state index in [9.17, 15) is 0 Å². The summed E-state index contributed by atoms with van der Waals surface area (Å²) in [5.41, 5.74) is 0.614. The molecule has 0 spiro atoms. The molecule has 2 N–H and O–H groups in total. The van der Waals surface area contributed by atoms with E-state index in [0.717, 1.165) is 19.0 Å². The molecule has 1 aliphatic rings. The summed E-state index contributed by atoms with van der Waals surface area (Å²) in [5.74, 6) is 0.915. The number of aliphatic hydroxyl groups is 1. The first-order chi connectivity index (χ1) is 5.19. The molecule has 2 unspecified atom stereocenters. The zero-order chi connectivity index (χ0) is 8.32. The number of aliphatic hydroxyl groups excluding tert-OH is 1. The SMILES string of the molecule is CC1CC1(C)CCNCCO. The van der Waals surface area contributed by atoms with Crippen LogP contribution in [0.15, 0.2) is 0 Å². The van der Waals surface area contributed by atoms with Crippen LogP contribution in [0.1, 0.15) is 26.7 Å².